The van der Waals surface area contributed by atoms with E-state index >= 15 is 0 Å². The van der Waals surface area contributed by atoms with Gasteiger partial charge in [0.1, 0.15) is 5.75 Å². The summed E-state index contributed by atoms with van der Waals surface area (Å²) in [7, 11) is -0.615. The summed E-state index contributed by atoms with van der Waals surface area (Å²) in [6.07, 6.45) is 0. The van der Waals surface area contributed by atoms with E-state index in [-0.39, 0.29) is 30.0 Å². The highest BCUT2D eigenvalue weighted by Crippen LogP contribution is 2.24. The fourth-order valence-electron chi connectivity index (χ4n) is 3.63. The van der Waals surface area contributed by atoms with E-state index in [2.05, 4.69) is 28.8 Å². The Kier molecular flexibility index (Phi) is 10.3. The van der Waals surface area contributed by atoms with Gasteiger partial charge in [-0.2, -0.15) is 0 Å². The second-order valence-electron chi connectivity index (χ2n) is 7.59. The van der Waals surface area contributed by atoms with Crippen LogP contribution in [0.5, 0.6) is 5.75 Å². The van der Waals surface area contributed by atoms with Crippen molar-refractivity contribution in [1.82, 2.24) is 14.9 Å². The second kappa shape index (κ2) is 12.7. The van der Waals surface area contributed by atoms with Crippen LogP contribution >= 0.6 is 0 Å². The summed E-state index contributed by atoms with van der Waals surface area (Å²) < 4.78 is 37.8. The van der Waals surface area contributed by atoms with Crippen LogP contribution in [-0.2, 0) is 14.8 Å². The summed E-state index contributed by atoms with van der Waals surface area (Å²) in [5.74, 6) is 0.437. The summed E-state index contributed by atoms with van der Waals surface area (Å²) in [6.45, 7) is 8.35. The van der Waals surface area contributed by atoms with Gasteiger partial charge in [-0.1, -0.05) is 32.0 Å². The van der Waals surface area contributed by atoms with Crippen molar-refractivity contribution < 1.29 is 22.7 Å². The zero-order valence-corrected chi connectivity index (χ0v) is 20.9. The van der Waals surface area contributed by atoms with Crippen LogP contribution in [0.15, 0.2) is 47.4 Å². The Bertz CT molecular complexity index is 1020. The molecule has 0 radical (unpaired) electrons. The molecule has 2 aromatic rings. The van der Waals surface area contributed by atoms with Crippen molar-refractivity contribution in [3.8, 4) is 5.75 Å². The number of benzene rings is 2. The number of ether oxygens (including phenoxy) is 2. The predicted octanol–water partition coefficient (Wildman–Crippen LogP) is 2.74. The molecular weight excluding hydrogens is 442 g/mol. The molecule has 0 aliphatic rings. The van der Waals surface area contributed by atoms with Gasteiger partial charge in [0.15, 0.2) is 0 Å². The molecule has 0 aliphatic heterocycles. The Balaban J connectivity index is 2.24. The molecule has 0 bridgehead atoms. The first-order valence-corrected chi connectivity index (χ1v) is 12.5. The molecule has 0 aliphatic carbocycles. The van der Waals surface area contributed by atoms with Crippen molar-refractivity contribution in [3.63, 3.8) is 0 Å². The summed E-state index contributed by atoms with van der Waals surface area (Å²) in [5, 5.41) is 3.00. The number of amides is 1. The first kappa shape index (κ1) is 26.8. The third-order valence-electron chi connectivity index (χ3n) is 5.55. The van der Waals surface area contributed by atoms with Crippen LogP contribution in [0.25, 0.3) is 0 Å². The molecule has 2 N–H and O–H groups in total. The van der Waals surface area contributed by atoms with Gasteiger partial charge in [-0.3, -0.25) is 9.69 Å². The van der Waals surface area contributed by atoms with Gasteiger partial charge in [0.2, 0.25) is 10.0 Å². The van der Waals surface area contributed by atoms with Gasteiger partial charge >= 0.3 is 0 Å². The largest absolute Gasteiger partial charge is 0.497 e. The topological polar surface area (TPSA) is 97.0 Å². The number of likely N-dealkylation sites (N-methyl/N-ethyl adjacent to an activating group) is 1. The van der Waals surface area contributed by atoms with Gasteiger partial charge in [0.25, 0.3) is 5.91 Å². The molecule has 0 saturated carbocycles. The molecule has 8 nitrogen and oxygen atoms in total. The van der Waals surface area contributed by atoms with Crippen molar-refractivity contribution in [2.45, 2.75) is 31.7 Å². The number of methoxy groups -OCH3 is 2. The van der Waals surface area contributed by atoms with Gasteiger partial charge < -0.3 is 14.8 Å². The van der Waals surface area contributed by atoms with E-state index in [0.717, 1.165) is 24.4 Å². The second-order valence-corrected chi connectivity index (χ2v) is 9.36. The molecule has 0 aromatic heterocycles. The molecule has 0 fully saturated rings. The van der Waals surface area contributed by atoms with Crippen LogP contribution < -0.4 is 14.8 Å². The Hall–Kier alpha value is -2.46. The zero-order chi connectivity index (χ0) is 24.4. The summed E-state index contributed by atoms with van der Waals surface area (Å²) >= 11 is 0. The zero-order valence-electron chi connectivity index (χ0n) is 20.1. The van der Waals surface area contributed by atoms with E-state index in [9.17, 15) is 13.2 Å². The lowest BCUT2D eigenvalue weighted by atomic mass is 10.0. The minimum absolute atomic E-state index is 0.0439. The summed E-state index contributed by atoms with van der Waals surface area (Å²) in [5.41, 5.74) is 2.06. The number of carbonyl (C=O) groups excluding carboxylic acids is 1. The van der Waals surface area contributed by atoms with E-state index in [1.165, 1.54) is 19.2 Å². The number of nitrogens with zero attached hydrogens (tertiary/aromatic N) is 1. The first-order chi connectivity index (χ1) is 15.8. The van der Waals surface area contributed by atoms with Crippen molar-refractivity contribution in [3.05, 3.63) is 59.2 Å². The molecule has 182 valence electrons. The monoisotopic (exact) mass is 477 g/mol. The van der Waals surface area contributed by atoms with Crippen LogP contribution in [0.2, 0.25) is 0 Å². The molecule has 1 atom stereocenters. The fraction of sp³-hybridized carbons (Fsp3) is 0.458. The molecule has 1 unspecified atom stereocenters. The Morgan fingerprint density at radius 1 is 1.09 bits per heavy atom. The maximum Gasteiger partial charge on any atom is 0.251 e. The van der Waals surface area contributed by atoms with Gasteiger partial charge in [-0.05, 0) is 55.4 Å². The lowest BCUT2D eigenvalue weighted by molar-refractivity contribution is 0.0934. The van der Waals surface area contributed by atoms with Crippen LogP contribution in [0.1, 0.15) is 41.4 Å². The molecule has 0 saturated heterocycles. The van der Waals surface area contributed by atoms with E-state index < -0.39 is 10.0 Å². The van der Waals surface area contributed by atoms with Crippen molar-refractivity contribution in [2.75, 3.05) is 47.0 Å². The number of rotatable bonds is 13. The van der Waals surface area contributed by atoms with E-state index in [1.54, 1.807) is 20.1 Å². The van der Waals surface area contributed by atoms with Crippen molar-refractivity contribution in [1.29, 1.82) is 0 Å². The number of hydrogen-bond donors (Lipinski definition) is 2. The molecule has 2 rings (SSSR count). The Morgan fingerprint density at radius 2 is 1.82 bits per heavy atom. The highest BCUT2D eigenvalue weighted by atomic mass is 32.2. The van der Waals surface area contributed by atoms with Crippen LogP contribution in [-0.4, -0.2) is 66.2 Å². The number of sulfonamides is 1. The molecule has 1 amide bonds. The van der Waals surface area contributed by atoms with E-state index in [1.807, 2.05) is 24.3 Å². The standard InChI is InChI=1S/C24H35N3O5S/c1-6-27(7-2)23(19-9-8-10-20(15-19)32-5)17-25-24(28)22-16-21(12-11-18(22)3)33(29,30)26-13-14-31-4/h8-12,15-16,23,26H,6-7,13-14,17H2,1-5H3,(H,25,28). The van der Waals surface area contributed by atoms with Gasteiger partial charge in [0, 0.05) is 25.8 Å². The van der Waals surface area contributed by atoms with Gasteiger partial charge in [-0.15, -0.1) is 0 Å². The average molecular weight is 478 g/mol. The maximum absolute atomic E-state index is 13.1. The Labute approximate surface area is 197 Å². The normalized spacial score (nSPS) is 12.5. The Morgan fingerprint density at radius 3 is 2.45 bits per heavy atom. The number of aryl methyl sites for hydroxylation is 1. The highest BCUT2D eigenvalue weighted by Gasteiger charge is 2.22. The number of nitrogens with one attached hydrogen (secondary N) is 2. The third kappa shape index (κ3) is 7.26. The van der Waals surface area contributed by atoms with Crippen molar-refractivity contribution in [2.24, 2.45) is 0 Å². The maximum atomic E-state index is 13.1. The van der Waals surface area contributed by atoms with E-state index in [4.69, 9.17) is 9.47 Å². The molecule has 33 heavy (non-hydrogen) atoms. The molecule has 9 heteroatoms. The minimum atomic E-state index is -3.74. The number of carbonyl (C=O) groups is 1. The van der Waals surface area contributed by atoms with Crippen LogP contribution in [0.3, 0.4) is 0 Å². The summed E-state index contributed by atoms with van der Waals surface area (Å²) in [6, 6.07) is 12.3. The fourth-order valence-corrected chi connectivity index (χ4v) is 4.67. The number of hydrogen-bond acceptors (Lipinski definition) is 6. The summed E-state index contributed by atoms with van der Waals surface area (Å²) in [4.78, 5) is 15.4. The predicted molar refractivity (Wildman–Crippen MR) is 129 cm³/mol. The average Bonchev–Trinajstić information content (AvgIpc) is 2.81. The first-order valence-electron chi connectivity index (χ1n) is 11.0. The molecular formula is C24H35N3O5S. The van der Waals surface area contributed by atoms with Crippen LogP contribution in [0, 0.1) is 6.92 Å². The van der Waals surface area contributed by atoms with Crippen molar-refractivity contribution >= 4 is 15.9 Å². The van der Waals surface area contributed by atoms with Gasteiger partial charge in [-0.25, -0.2) is 13.1 Å². The smallest absolute Gasteiger partial charge is 0.251 e. The van der Waals surface area contributed by atoms with Gasteiger partial charge in [0.05, 0.1) is 24.7 Å². The van der Waals surface area contributed by atoms with Crippen LogP contribution in [0.4, 0.5) is 0 Å². The SMILES string of the molecule is CCN(CC)C(CNC(=O)c1cc(S(=O)(=O)NCCOC)ccc1C)c1cccc(OC)c1. The lowest BCUT2D eigenvalue weighted by Crippen LogP contribution is -2.38. The molecule has 0 spiro atoms. The minimum Gasteiger partial charge on any atom is -0.497 e. The quantitative estimate of drug-likeness (QED) is 0.431. The molecule has 2 aromatic carbocycles. The van der Waals surface area contributed by atoms with E-state index in [0.29, 0.717) is 17.7 Å². The third-order valence-corrected chi connectivity index (χ3v) is 7.01. The molecule has 0 heterocycles. The highest BCUT2D eigenvalue weighted by molar-refractivity contribution is 7.89. The lowest BCUT2D eigenvalue weighted by Gasteiger charge is -2.30.